The number of urea groups is 1. The second-order valence-corrected chi connectivity index (χ2v) is 8.27. The van der Waals surface area contributed by atoms with E-state index >= 15 is 0 Å². The summed E-state index contributed by atoms with van der Waals surface area (Å²) >= 11 is 0. The summed E-state index contributed by atoms with van der Waals surface area (Å²) in [6.45, 7) is 4.07. The number of amides is 3. The second kappa shape index (κ2) is 21.4. The van der Waals surface area contributed by atoms with Gasteiger partial charge in [-0.05, 0) is 33.5 Å². The molecule has 0 aliphatic rings. The number of hydrogen-bond acceptors (Lipinski definition) is 4. The summed E-state index contributed by atoms with van der Waals surface area (Å²) in [6, 6.07) is -0.491. The van der Waals surface area contributed by atoms with Crippen LogP contribution in [0.3, 0.4) is 0 Å². The van der Waals surface area contributed by atoms with Crippen molar-refractivity contribution in [2.45, 2.75) is 103 Å². The van der Waals surface area contributed by atoms with E-state index in [4.69, 9.17) is 4.74 Å². The van der Waals surface area contributed by atoms with Crippen molar-refractivity contribution in [2.75, 3.05) is 33.8 Å². The molecule has 0 aromatic heterocycles. The lowest BCUT2D eigenvalue weighted by Gasteiger charge is -2.10. The van der Waals surface area contributed by atoms with Gasteiger partial charge in [0.1, 0.15) is 0 Å². The monoisotopic (exact) mass is 413 g/mol. The molecular formula is C23H47N3O3. The van der Waals surface area contributed by atoms with E-state index in [1.54, 1.807) is 0 Å². The maximum atomic E-state index is 11.5. The van der Waals surface area contributed by atoms with Gasteiger partial charge in [0.15, 0.2) is 0 Å². The van der Waals surface area contributed by atoms with Gasteiger partial charge in [0.2, 0.25) is 0 Å². The number of rotatable bonds is 19. The highest BCUT2D eigenvalue weighted by Crippen LogP contribution is 2.12. The summed E-state index contributed by atoms with van der Waals surface area (Å²) in [7, 11) is 3.96. The molecular weight excluding hydrogens is 366 g/mol. The maximum Gasteiger partial charge on any atom is 0.415 e. The lowest BCUT2D eigenvalue weighted by molar-refractivity contribution is 0.144. The first kappa shape index (κ1) is 27.7. The zero-order valence-electron chi connectivity index (χ0n) is 19.4. The number of imide groups is 1. The van der Waals surface area contributed by atoms with Gasteiger partial charge in [0.25, 0.3) is 0 Å². The average Bonchev–Trinajstić information content (AvgIpc) is 2.68. The average molecular weight is 414 g/mol. The number of carbonyl (C=O) groups is 2. The molecule has 0 heterocycles. The third-order valence-corrected chi connectivity index (χ3v) is 5.01. The minimum atomic E-state index is -0.662. The molecule has 0 fully saturated rings. The van der Waals surface area contributed by atoms with Crippen molar-refractivity contribution in [3.63, 3.8) is 0 Å². The Balaban J connectivity index is 3.27. The van der Waals surface area contributed by atoms with Crippen molar-refractivity contribution in [2.24, 2.45) is 0 Å². The topological polar surface area (TPSA) is 70.7 Å². The fourth-order valence-corrected chi connectivity index (χ4v) is 3.23. The van der Waals surface area contributed by atoms with Gasteiger partial charge in [-0.15, -0.1) is 0 Å². The van der Waals surface area contributed by atoms with Crippen molar-refractivity contribution < 1.29 is 14.3 Å². The largest absolute Gasteiger partial charge is 0.449 e. The highest BCUT2D eigenvalue weighted by Gasteiger charge is 2.07. The Labute approximate surface area is 179 Å². The summed E-state index contributed by atoms with van der Waals surface area (Å²) < 4.78 is 5.05. The molecule has 0 atom stereocenters. The van der Waals surface area contributed by atoms with E-state index in [-0.39, 0.29) is 0 Å². The molecule has 0 aliphatic heterocycles. The summed E-state index contributed by atoms with van der Waals surface area (Å²) in [4.78, 5) is 25.1. The van der Waals surface area contributed by atoms with Crippen molar-refractivity contribution in [3.8, 4) is 0 Å². The van der Waals surface area contributed by atoms with Crippen LogP contribution in [0.25, 0.3) is 0 Å². The van der Waals surface area contributed by atoms with Crippen LogP contribution in [0.2, 0.25) is 0 Å². The van der Waals surface area contributed by atoms with Crippen LogP contribution >= 0.6 is 0 Å². The van der Waals surface area contributed by atoms with E-state index in [0.717, 1.165) is 25.8 Å². The number of unbranched alkanes of at least 4 members (excludes halogenated alkanes) is 13. The molecule has 0 radical (unpaired) electrons. The standard InChI is InChI=1S/C23H47N3O3/c1-4-5-6-7-8-9-10-11-12-13-14-15-16-17-21-29-23(28)25-22(27)24-19-18-20-26(2)3/h4-21H2,1-3H3,(H2,24,25,27,28). The molecule has 0 rings (SSSR count). The number of carbonyl (C=O) groups excluding carboxylic acids is 2. The molecule has 6 nitrogen and oxygen atoms in total. The van der Waals surface area contributed by atoms with Gasteiger partial charge in [-0.25, -0.2) is 14.9 Å². The molecule has 172 valence electrons. The van der Waals surface area contributed by atoms with Crippen LogP contribution in [0.4, 0.5) is 9.59 Å². The Morgan fingerprint density at radius 2 is 1.21 bits per heavy atom. The molecule has 0 bridgehead atoms. The van der Waals surface area contributed by atoms with E-state index in [0.29, 0.717) is 13.2 Å². The number of hydrogen-bond donors (Lipinski definition) is 2. The molecule has 29 heavy (non-hydrogen) atoms. The summed E-state index contributed by atoms with van der Waals surface area (Å²) in [5.74, 6) is 0. The summed E-state index contributed by atoms with van der Waals surface area (Å²) in [5.41, 5.74) is 0. The molecule has 0 aromatic carbocycles. The molecule has 0 spiro atoms. The first-order valence-electron chi connectivity index (χ1n) is 11.9. The van der Waals surface area contributed by atoms with E-state index in [9.17, 15) is 9.59 Å². The third kappa shape index (κ3) is 22.8. The molecule has 0 saturated carbocycles. The zero-order chi connectivity index (χ0) is 21.6. The van der Waals surface area contributed by atoms with E-state index in [2.05, 4.69) is 17.6 Å². The van der Waals surface area contributed by atoms with Gasteiger partial charge in [0.05, 0.1) is 6.61 Å². The highest BCUT2D eigenvalue weighted by atomic mass is 16.5. The van der Waals surface area contributed by atoms with Crippen LogP contribution in [-0.2, 0) is 4.74 Å². The first-order chi connectivity index (χ1) is 14.1. The molecule has 2 N–H and O–H groups in total. The normalized spacial score (nSPS) is 10.9. The zero-order valence-corrected chi connectivity index (χ0v) is 19.4. The predicted octanol–water partition coefficient (Wildman–Crippen LogP) is 5.86. The van der Waals surface area contributed by atoms with Crippen LogP contribution in [0.1, 0.15) is 103 Å². The van der Waals surface area contributed by atoms with Crippen molar-refractivity contribution in [3.05, 3.63) is 0 Å². The van der Waals surface area contributed by atoms with Crippen LogP contribution < -0.4 is 10.6 Å². The quantitative estimate of drug-likeness (QED) is 0.260. The Bertz CT molecular complexity index is 390. The molecule has 3 amide bonds. The Hall–Kier alpha value is -1.30. The SMILES string of the molecule is CCCCCCCCCCCCCCCCOC(=O)NC(=O)NCCCN(C)C. The van der Waals surface area contributed by atoms with Crippen molar-refractivity contribution in [1.82, 2.24) is 15.5 Å². The Morgan fingerprint density at radius 1 is 0.724 bits per heavy atom. The van der Waals surface area contributed by atoms with Crippen LogP contribution in [0.5, 0.6) is 0 Å². The Morgan fingerprint density at radius 3 is 1.69 bits per heavy atom. The van der Waals surface area contributed by atoms with Gasteiger partial charge in [-0.1, -0.05) is 90.4 Å². The third-order valence-electron chi connectivity index (χ3n) is 5.01. The first-order valence-corrected chi connectivity index (χ1v) is 11.9. The van der Waals surface area contributed by atoms with E-state index < -0.39 is 12.1 Å². The van der Waals surface area contributed by atoms with E-state index in [1.165, 1.54) is 77.0 Å². The van der Waals surface area contributed by atoms with Crippen molar-refractivity contribution in [1.29, 1.82) is 0 Å². The minimum absolute atomic E-state index is 0.373. The van der Waals surface area contributed by atoms with Crippen LogP contribution in [0.15, 0.2) is 0 Å². The van der Waals surface area contributed by atoms with Crippen LogP contribution in [0, 0.1) is 0 Å². The van der Waals surface area contributed by atoms with Gasteiger partial charge in [-0.2, -0.15) is 0 Å². The predicted molar refractivity (Wildman–Crippen MR) is 121 cm³/mol. The second-order valence-electron chi connectivity index (χ2n) is 8.27. The number of ether oxygens (including phenoxy) is 1. The smallest absolute Gasteiger partial charge is 0.415 e. The fourth-order valence-electron chi connectivity index (χ4n) is 3.23. The lowest BCUT2D eigenvalue weighted by atomic mass is 10.0. The van der Waals surface area contributed by atoms with Gasteiger partial charge < -0.3 is 15.0 Å². The lowest BCUT2D eigenvalue weighted by Crippen LogP contribution is -2.40. The molecule has 0 saturated heterocycles. The minimum Gasteiger partial charge on any atom is -0.449 e. The maximum absolute atomic E-state index is 11.5. The summed E-state index contributed by atoms with van der Waals surface area (Å²) in [5, 5.41) is 4.84. The molecule has 0 aromatic rings. The molecule has 0 unspecified atom stereocenters. The number of nitrogens with one attached hydrogen (secondary N) is 2. The van der Waals surface area contributed by atoms with Gasteiger partial charge in [0, 0.05) is 6.54 Å². The Kier molecular flexibility index (Phi) is 20.5. The number of nitrogens with zero attached hydrogens (tertiary/aromatic N) is 1. The van der Waals surface area contributed by atoms with Crippen molar-refractivity contribution >= 4 is 12.1 Å². The van der Waals surface area contributed by atoms with Gasteiger partial charge in [-0.3, -0.25) is 0 Å². The highest BCUT2D eigenvalue weighted by molar-refractivity contribution is 5.90. The van der Waals surface area contributed by atoms with Crippen LogP contribution in [-0.4, -0.2) is 50.8 Å². The fraction of sp³-hybridized carbons (Fsp3) is 0.913. The molecule has 6 heteroatoms. The van der Waals surface area contributed by atoms with Gasteiger partial charge >= 0.3 is 12.1 Å². The number of alkyl carbamates (subject to hydrolysis) is 1. The van der Waals surface area contributed by atoms with E-state index in [1.807, 2.05) is 19.0 Å². The molecule has 0 aliphatic carbocycles. The summed E-state index contributed by atoms with van der Waals surface area (Å²) in [6.07, 6.45) is 18.3.